The molecule has 0 radical (unpaired) electrons. The van der Waals surface area contributed by atoms with Crippen LogP contribution in [0.2, 0.25) is 0 Å². The van der Waals surface area contributed by atoms with E-state index in [4.69, 9.17) is 23.7 Å². The maximum absolute atomic E-state index is 12.9. The van der Waals surface area contributed by atoms with Crippen molar-refractivity contribution in [2.75, 3.05) is 20.8 Å². The van der Waals surface area contributed by atoms with Crippen molar-refractivity contribution >= 4 is 17.7 Å². The van der Waals surface area contributed by atoms with Crippen molar-refractivity contribution in [2.24, 2.45) is 11.3 Å². The van der Waals surface area contributed by atoms with Gasteiger partial charge in [-0.3, -0.25) is 9.59 Å². The van der Waals surface area contributed by atoms with Crippen LogP contribution in [0.3, 0.4) is 0 Å². The molecule has 0 aliphatic carbocycles. The molecule has 2 saturated heterocycles. The van der Waals surface area contributed by atoms with Gasteiger partial charge >= 0.3 is 11.9 Å². The number of aliphatic hydroxyl groups excluding tert-OH is 1. The number of aryl methyl sites for hydroxylation is 1. The predicted octanol–water partition coefficient (Wildman–Crippen LogP) is 6.40. The summed E-state index contributed by atoms with van der Waals surface area (Å²) in [5.74, 6) is -0.167. The molecule has 0 aromatic heterocycles. The molecular weight excluding hydrogens is 576 g/mol. The van der Waals surface area contributed by atoms with E-state index < -0.39 is 11.5 Å². The number of aliphatic hydroxyl groups is 1. The van der Waals surface area contributed by atoms with Gasteiger partial charge in [-0.1, -0.05) is 19.1 Å². The smallest absolute Gasteiger partial charge is 0.341 e. The normalized spacial score (nSPS) is 23.5. The van der Waals surface area contributed by atoms with E-state index >= 15 is 0 Å². The lowest BCUT2D eigenvalue weighted by atomic mass is 9.81. The van der Waals surface area contributed by atoms with Crippen LogP contribution < -0.4 is 4.74 Å². The Hall–Kier alpha value is -2.49. The Balaban J connectivity index is 1.39. The van der Waals surface area contributed by atoms with Crippen molar-refractivity contribution in [3.05, 3.63) is 29.3 Å². The van der Waals surface area contributed by atoms with E-state index in [1.54, 1.807) is 20.1 Å². The molecule has 0 spiro atoms. The van der Waals surface area contributed by atoms with Crippen molar-refractivity contribution in [3.63, 3.8) is 0 Å². The second-order valence-corrected chi connectivity index (χ2v) is 13.4. The summed E-state index contributed by atoms with van der Waals surface area (Å²) < 4.78 is 28.2. The van der Waals surface area contributed by atoms with E-state index in [0.717, 1.165) is 76.2 Å². The standard InChI is InChI=1S/C36H56O9/c1-7-43-35(40)36(3,4)32-19-11-17-29(45-32)22-26(37)23-30(38)24(2)20-21-28-16-10-15-27(44-28)14-8-12-25-13-9-18-31(41-5)33(25)34(39)42-6/h9,13,18,24,27-30,32,38H,7-8,10-12,14-17,19-23H2,1-6H3/t24-,27-,28-,29-,30+,32+/m0/s1. The van der Waals surface area contributed by atoms with Gasteiger partial charge in [0.2, 0.25) is 0 Å². The van der Waals surface area contributed by atoms with E-state index in [1.807, 2.05) is 32.9 Å². The Labute approximate surface area is 269 Å². The summed E-state index contributed by atoms with van der Waals surface area (Å²) >= 11 is 0. The number of methoxy groups -OCH3 is 2. The Bertz CT molecular complexity index is 1100. The van der Waals surface area contributed by atoms with Crippen molar-refractivity contribution in [2.45, 2.75) is 142 Å². The first-order chi connectivity index (χ1) is 21.5. The molecular formula is C36H56O9. The molecule has 0 amide bonds. The number of hydrogen-bond acceptors (Lipinski definition) is 9. The second kappa shape index (κ2) is 18.0. The van der Waals surface area contributed by atoms with Crippen LogP contribution in [-0.4, -0.2) is 74.2 Å². The molecule has 2 heterocycles. The summed E-state index contributed by atoms with van der Waals surface area (Å²) in [7, 11) is 2.93. The third kappa shape index (κ3) is 10.8. The molecule has 2 fully saturated rings. The maximum atomic E-state index is 12.9. The molecule has 1 aromatic rings. The fourth-order valence-electron chi connectivity index (χ4n) is 6.66. The SMILES string of the molecule is CCOC(=O)C(C)(C)[C@H]1CCC[C@@H](CC(=O)C[C@@H](O)[C@@H](C)CC[C@@H]2CCC[C@H](CCCc3cccc(OC)c3C(=O)OC)O2)O1. The molecule has 1 N–H and O–H groups in total. The Morgan fingerprint density at radius 3 is 2.38 bits per heavy atom. The number of esters is 2. The van der Waals surface area contributed by atoms with E-state index in [2.05, 4.69) is 0 Å². The maximum Gasteiger partial charge on any atom is 0.341 e. The van der Waals surface area contributed by atoms with Crippen LogP contribution in [0.4, 0.5) is 0 Å². The molecule has 9 heteroatoms. The van der Waals surface area contributed by atoms with E-state index in [0.29, 0.717) is 17.9 Å². The Kier molecular flexibility index (Phi) is 14.8. The van der Waals surface area contributed by atoms with Gasteiger partial charge < -0.3 is 28.8 Å². The number of ketones is 1. The number of carbonyl (C=O) groups is 3. The lowest BCUT2D eigenvalue weighted by Crippen LogP contribution is -2.44. The van der Waals surface area contributed by atoms with Crippen molar-refractivity contribution in [1.29, 1.82) is 0 Å². The molecule has 2 aliphatic heterocycles. The highest BCUT2D eigenvalue weighted by molar-refractivity contribution is 5.94. The second-order valence-electron chi connectivity index (χ2n) is 13.4. The van der Waals surface area contributed by atoms with Gasteiger partial charge in [-0.05, 0) is 109 Å². The average Bonchev–Trinajstić information content (AvgIpc) is 3.03. The molecule has 254 valence electrons. The molecule has 0 bridgehead atoms. The van der Waals surface area contributed by atoms with Gasteiger partial charge in [-0.2, -0.15) is 0 Å². The summed E-state index contributed by atoms with van der Waals surface area (Å²) in [6, 6.07) is 5.61. The fourth-order valence-corrected chi connectivity index (χ4v) is 6.66. The van der Waals surface area contributed by atoms with Crippen LogP contribution in [0, 0.1) is 11.3 Å². The highest BCUT2D eigenvalue weighted by Gasteiger charge is 2.42. The third-order valence-corrected chi connectivity index (χ3v) is 9.58. The van der Waals surface area contributed by atoms with E-state index in [-0.39, 0.29) is 60.9 Å². The Morgan fingerprint density at radius 2 is 1.69 bits per heavy atom. The van der Waals surface area contributed by atoms with Crippen LogP contribution in [0.25, 0.3) is 0 Å². The zero-order valence-corrected chi connectivity index (χ0v) is 28.3. The molecule has 6 atom stereocenters. The quantitative estimate of drug-likeness (QED) is 0.195. The molecule has 9 nitrogen and oxygen atoms in total. The van der Waals surface area contributed by atoms with Gasteiger partial charge in [0.25, 0.3) is 0 Å². The van der Waals surface area contributed by atoms with E-state index in [9.17, 15) is 19.5 Å². The fraction of sp³-hybridized carbons (Fsp3) is 0.750. The van der Waals surface area contributed by atoms with Gasteiger partial charge in [0.1, 0.15) is 17.1 Å². The first-order valence-electron chi connectivity index (χ1n) is 16.9. The van der Waals surface area contributed by atoms with Crippen molar-refractivity contribution in [1.82, 2.24) is 0 Å². The highest BCUT2D eigenvalue weighted by Crippen LogP contribution is 2.35. The van der Waals surface area contributed by atoms with E-state index in [1.165, 1.54) is 7.11 Å². The third-order valence-electron chi connectivity index (χ3n) is 9.58. The monoisotopic (exact) mass is 632 g/mol. The first-order valence-corrected chi connectivity index (χ1v) is 16.9. The first kappa shape index (κ1) is 37.0. The number of Topliss-reactive ketones (excluding diaryl/α,β-unsaturated/α-hetero) is 1. The molecule has 0 unspecified atom stereocenters. The minimum absolute atomic E-state index is 0.00526. The zero-order valence-electron chi connectivity index (χ0n) is 28.3. The van der Waals surface area contributed by atoms with Crippen LogP contribution in [0.5, 0.6) is 5.75 Å². The number of ether oxygens (including phenoxy) is 5. The lowest BCUT2D eigenvalue weighted by Gasteiger charge is -2.38. The minimum Gasteiger partial charge on any atom is -0.496 e. The number of hydrogen-bond donors (Lipinski definition) is 1. The number of benzene rings is 1. The molecule has 1 aromatic carbocycles. The van der Waals surface area contributed by atoms with Crippen molar-refractivity contribution < 1.29 is 43.2 Å². The van der Waals surface area contributed by atoms with Crippen LogP contribution in [0.15, 0.2) is 18.2 Å². The summed E-state index contributed by atoms with van der Waals surface area (Å²) in [6.07, 6.45) is 9.16. The van der Waals surface area contributed by atoms with Gasteiger partial charge in [0, 0.05) is 12.8 Å². The summed E-state index contributed by atoms with van der Waals surface area (Å²) in [4.78, 5) is 37.7. The molecule has 2 aliphatic rings. The topological polar surface area (TPSA) is 118 Å². The summed E-state index contributed by atoms with van der Waals surface area (Å²) in [6.45, 7) is 7.80. The van der Waals surface area contributed by atoms with Gasteiger partial charge in [-0.25, -0.2) is 4.79 Å². The number of rotatable bonds is 17. The average molecular weight is 633 g/mol. The van der Waals surface area contributed by atoms with Gasteiger partial charge in [-0.15, -0.1) is 0 Å². The minimum atomic E-state index is -0.768. The molecule has 3 rings (SSSR count). The molecule has 45 heavy (non-hydrogen) atoms. The molecule has 0 saturated carbocycles. The summed E-state index contributed by atoms with van der Waals surface area (Å²) in [5.41, 5.74) is 0.640. The van der Waals surface area contributed by atoms with Gasteiger partial charge in [0.05, 0.1) is 56.8 Å². The summed E-state index contributed by atoms with van der Waals surface area (Å²) in [5, 5.41) is 10.8. The predicted molar refractivity (Wildman–Crippen MR) is 171 cm³/mol. The number of carbonyl (C=O) groups excluding carboxylic acids is 3. The highest BCUT2D eigenvalue weighted by atomic mass is 16.5. The van der Waals surface area contributed by atoms with Gasteiger partial charge in [0.15, 0.2) is 0 Å². The van der Waals surface area contributed by atoms with Crippen molar-refractivity contribution in [3.8, 4) is 5.75 Å². The zero-order chi connectivity index (χ0) is 33.0. The lowest BCUT2D eigenvalue weighted by molar-refractivity contribution is -0.171. The van der Waals surface area contributed by atoms with Crippen LogP contribution in [0.1, 0.15) is 121 Å². The van der Waals surface area contributed by atoms with Crippen LogP contribution >= 0.6 is 0 Å². The Morgan fingerprint density at radius 1 is 1.00 bits per heavy atom. The largest absolute Gasteiger partial charge is 0.496 e. The van der Waals surface area contributed by atoms with Crippen LogP contribution in [-0.2, 0) is 35.0 Å².